The SMILES string of the molecule is CN(Cc1ccccc1)C(=O)C1(CN)CCOCC1. The Morgan fingerprint density at radius 2 is 1.95 bits per heavy atom. The van der Waals surface area contributed by atoms with Gasteiger partial charge in [0.05, 0.1) is 5.41 Å². The van der Waals surface area contributed by atoms with Crippen LogP contribution in [-0.2, 0) is 16.1 Å². The largest absolute Gasteiger partial charge is 0.381 e. The highest BCUT2D eigenvalue weighted by molar-refractivity contribution is 5.83. The summed E-state index contributed by atoms with van der Waals surface area (Å²) in [5.74, 6) is 0.141. The van der Waals surface area contributed by atoms with Crippen molar-refractivity contribution >= 4 is 5.91 Å². The molecule has 1 fully saturated rings. The van der Waals surface area contributed by atoms with Crippen molar-refractivity contribution in [3.63, 3.8) is 0 Å². The molecule has 1 aromatic rings. The lowest BCUT2D eigenvalue weighted by Crippen LogP contribution is -2.49. The van der Waals surface area contributed by atoms with Gasteiger partial charge in [-0.1, -0.05) is 30.3 Å². The van der Waals surface area contributed by atoms with Crippen molar-refractivity contribution in [2.24, 2.45) is 11.1 Å². The molecule has 2 rings (SSSR count). The van der Waals surface area contributed by atoms with Crippen LogP contribution < -0.4 is 5.73 Å². The number of nitrogens with zero attached hydrogens (tertiary/aromatic N) is 1. The van der Waals surface area contributed by atoms with Crippen LogP contribution in [0.1, 0.15) is 18.4 Å². The summed E-state index contributed by atoms with van der Waals surface area (Å²) in [5, 5.41) is 0. The van der Waals surface area contributed by atoms with Crippen LogP contribution in [0.3, 0.4) is 0 Å². The average Bonchev–Trinajstić information content (AvgIpc) is 2.48. The molecule has 4 heteroatoms. The molecule has 0 radical (unpaired) electrons. The quantitative estimate of drug-likeness (QED) is 0.892. The minimum absolute atomic E-state index is 0.141. The normalized spacial score (nSPS) is 18.0. The first kappa shape index (κ1) is 14.0. The molecule has 1 amide bonds. The number of carbonyl (C=O) groups is 1. The fraction of sp³-hybridized carbons (Fsp3) is 0.533. The molecule has 19 heavy (non-hydrogen) atoms. The molecule has 0 spiro atoms. The molecule has 2 N–H and O–H groups in total. The van der Waals surface area contributed by atoms with E-state index in [0.29, 0.717) is 26.3 Å². The van der Waals surface area contributed by atoms with Gasteiger partial charge in [-0.25, -0.2) is 0 Å². The first-order valence-electron chi connectivity index (χ1n) is 6.75. The van der Waals surface area contributed by atoms with E-state index in [-0.39, 0.29) is 5.91 Å². The van der Waals surface area contributed by atoms with Crippen LogP contribution >= 0.6 is 0 Å². The van der Waals surface area contributed by atoms with Crippen molar-refractivity contribution in [3.05, 3.63) is 35.9 Å². The van der Waals surface area contributed by atoms with Crippen LogP contribution in [0.2, 0.25) is 0 Å². The first-order valence-corrected chi connectivity index (χ1v) is 6.75. The van der Waals surface area contributed by atoms with E-state index in [1.165, 1.54) is 0 Å². The lowest BCUT2D eigenvalue weighted by Gasteiger charge is -2.37. The lowest BCUT2D eigenvalue weighted by atomic mass is 9.79. The Hall–Kier alpha value is -1.39. The Kier molecular flexibility index (Phi) is 4.56. The maximum absolute atomic E-state index is 12.6. The number of benzene rings is 1. The monoisotopic (exact) mass is 262 g/mol. The number of amides is 1. The minimum Gasteiger partial charge on any atom is -0.381 e. The van der Waals surface area contributed by atoms with Gasteiger partial charge in [-0.05, 0) is 18.4 Å². The summed E-state index contributed by atoms with van der Waals surface area (Å²) in [4.78, 5) is 14.4. The molecule has 1 saturated heterocycles. The van der Waals surface area contributed by atoms with Gasteiger partial charge in [0.1, 0.15) is 0 Å². The third-order valence-electron chi connectivity index (χ3n) is 3.90. The molecule has 0 saturated carbocycles. The van der Waals surface area contributed by atoms with E-state index in [9.17, 15) is 4.79 Å². The number of hydrogen-bond acceptors (Lipinski definition) is 3. The van der Waals surface area contributed by atoms with Crippen molar-refractivity contribution in [2.45, 2.75) is 19.4 Å². The van der Waals surface area contributed by atoms with Gasteiger partial charge in [-0.3, -0.25) is 4.79 Å². The van der Waals surface area contributed by atoms with E-state index < -0.39 is 5.41 Å². The van der Waals surface area contributed by atoms with Gasteiger partial charge in [-0.15, -0.1) is 0 Å². The molecular formula is C15H22N2O2. The minimum atomic E-state index is -0.429. The third-order valence-corrected chi connectivity index (χ3v) is 3.90. The molecule has 0 aliphatic carbocycles. The van der Waals surface area contributed by atoms with Crippen molar-refractivity contribution in [2.75, 3.05) is 26.8 Å². The predicted molar refractivity (Wildman–Crippen MR) is 74.5 cm³/mol. The van der Waals surface area contributed by atoms with Gasteiger partial charge in [0.2, 0.25) is 5.91 Å². The number of ether oxygens (including phenoxy) is 1. The van der Waals surface area contributed by atoms with Gasteiger partial charge in [0, 0.05) is 33.4 Å². The van der Waals surface area contributed by atoms with Crippen LogP contribution in [-0.4, -0.2) is 37.6 Å². The van der Waals surface area contributed by atoms with Gasteiger partial charge >= 0.3 is 0 Å². The first-order chi connectivity index (χ1) is 9.18. The standard InChI is InChI=1S/C15H22N2O2/c1-17(11-13-5-3-2-4-6-13)14(18)15(12-16)7-9-19-10-8-15/h2-6H,7-12,16H2,1H3. The second kappa shape index (κ2) is 6.17. The fourth-order valence-corrected chi connectivity index (χ4v) is 2.60. The van der Waals surface area contributed by atoms with E-state index >= 15 is 0 Å². The maximum atomic E-state index is 12.6. The fourth-order valence-electron chi connectivity index (χ4n) is 2.60. The zero-order chi connectivity index (χ0) is 13.7. The van der Waals surface area contributed by atoms with Crippen LogP contribution in [0.5, 0.6) is 0 Å². The second-order valence-electron chi connectivity index (χ2n) is 5.24. The van der Waals surface area contributed by atoms with Crippen molar-refractivity contribution in [1.29, 1.82) is 0 Å². The third kappa shape index (κ3) is 3.14. The number of rotatable bonds is 4. The highest BCUT2D eigenvalue weighted by atomic mass is 16.5. The lowest BCUT2D eigenvalue weighted by molar-refractivity contribution is -0.146. The summed E-state index contributed by atoms with van der Waals surface area (Å²) in [6.07, 6.45) is 1.45. The maximum Gasteiger partial charge on any atom is 0.230 e. The molecule has 0 atom stereocenters. The summed E-state index contributed by atoms with van der Waals surface area (Å²) >= 11 is 0. The summed E-state index contributed by atoms with van der Waals surface area (Å²) in [7, 11) is 1.85. The highest BCUT2D eigenvalue weighted by Gasteiger charge is 2.40. The topological polar surface area (TPSA) is 55.6 Å². The van der Waals surface area contributed by atoms with E-state index in [0.717, 1.165) is 18.4 Å². The molecule has 0 aromatic heterocycles. The van der Waals surface area contributed by atoms with Gasteiger partial charge in [0.15, 0.2) is 0 Å². The molecule has 1 aliphatic heterocycles. The van der Waals surface area contributed by atoms with Gasteiger partial charge < -0.3 is 15.4 Å². The zero-order valence-corrected chi connectivity index (χ0v) is 11.5. The average molecular weight is 262 g/mol. The van der Waals surface area contributed by atoms with Crippen molar-refractivity contribution < 1.29 is 9.53 Å². The van der Waals surface area contributed by atoms with Crippen LogP contribution in [0.15, 0.2) is 30.3 Å². The van der Waals surface area contributed by atoms with Crippen LogP contribution in [0, 0.1) is 5.41 Å². The van der Waals surface area contributed by atoms with E-state index in [1.807, 2.05) is 37.4 Å². The summed E-state index contributed by atoms with van der Waals surface area (Å²) in [5.41, 5.74) is 6.58. The summed E-state index contributed by atoms with van der Waals surface area (Å²) < 4.78 is 5.35. The highest BCUT2D eigenvalue weighted by Crippen LogP contribution is 2.31. The number of hydrogen-bond donors (Lipinski definition) is 1. The van der Waals surface area contributed by atoms with Gasteiger partial charge in [0.25, 0.3) is 0 Å². The smallest absolute Gasteiger partial charge is 0.230 e. The number of carbonyl (C=O) groups excluding carboxylic acids is 1. The summed E-state index contributed by atoms with van der Waals surface area (Å²) in [6.45, 7) is 2.28. The van der Waals surface area contributed by atoms with E-state index in [4.69, 9.17) is 10.5 Å². The Labute approximate surface area is 114 Å². The molecule has 104 valence electrons. The Morgan fingerprint density at radius 3 is 2.53 bits per heavy atom. The van der Waals surface area contributed by atoms with Crippen LogP contribution in [0.4, 0.5) is 0 Å². The second-order valence-corrected chi connectivity index (χ2v) is 5.24. The zero-order valence-electron chi connectivity index (χ0n) is 11.5. The Balaban J connectivity index is 2.05. The van der Waals surface area contributed by atoms with Crippen molar-refractivity contribution in [3.8, 4) is 0 Å². The summed E-state index contributed by atoms with van der Waals surface area (Å²) in [6, 6.07) is 10.0. The molecule has 1 heterocycles. The van der Waals surface area contributed by atoms with E-state index in [2.05, 4.69) is 0 Å². The predicted octanol–water partition coefficient (Wildman–Crippen LogP) is 1.40. The van der Waals surface area contributed by atoms with E-state index in [1.54, 1.807) is 4.90 Å². The van der Waals surface area contributed by atoms with Crippen LogP contribution in [0.25, 0.3) is 0 Å². The molecule has 1 aliphatic rings. The Morgan fingerprint density at radius 1 is 1.32 bits per heavy atom. The Bertz CT molecular complexity index is 413. The molecule has 0 unspecified atom stereocenters. The molecule has 1 aromatic carbocycles. The molecule has 4 nitrogen and oxygen atoms in total. The van der Waals surface area contributed by atoms with Gasteiger partial charge in [-0.2, -0.15) is 0 Å². The van der Waals surface area contributed by atoms with Crippen molar-refractivity contribution in [1.82, 2.24) is 4.90 Å². The number of nitrogens with two attached hydrogens (primary N) is 1. The molecular weight excluding hydrogens is 240 g/mol. The molecule has 0 bridgehead atoms.